The highest BCUT2D eigenvalue weighted by atomic mass is 32.2. The van der Waals surface area contributed by atoms with Crippen molar-refractivity contribution in [3.8, 4) is 0 Å². The Morgan fingerprint density at radius 3 is 2.66 bits per heavy atom. The molecule has 0 bridgehead atoms. The van der Waals surface area contributed by atoms with Gasteiger partial charge in [-0.15, -0.1) is 0 Å². The van der Waals surface area contributed by atoms with Gasteiger partial charge in [0.15, 0.2) is 0 Å². The van der Waals surface area contributed by atoms with Crippen LogP contribution in [0.2, 0.25) is 0 Å². The van der Waals surface area contributed by atoms with Crippen molar-refractivity contribution in [2.24, 2.45) is 0 Å². The zero-order chi connectivity index (χ0) is 23.0. The van der Waals surface area contributed by atoms with E-state index in [1.54, 1.807) is 35.9 Å². The van der Waals surface area contributed by atoms with Gasteiger partial charge in [-0.1, -0.05) is 12.1 Å². The Morgan fingerprint density at radius 1 is 1.28 bits per heavy atom. The van der Waals surface area contributed by atoms with E-state index < -0.39 is 28.2 Å². The highest BCUT2D eigenvalue weighted by molar-refractivity contribution is 7.87. The molecular formula is C21H24FN5O4S. The Balaban J connectivity index is 1.55. The van der Waals surface area contributed by atoms with Gasteiger partial charge >= 0.3 is 0 Å². The predicted molar refractivity (Wildman–Crippen MR) is 116 cm³/mol. The average Bonchev–Trinajstić information content (AvgIpc) is 3.36. The minimum Gasteiger partial charge on any atom is -0.468 e. The van der Waals surface area contributed by atoms with Crippen molar-refractivity contribution >= 4 is 21.8 Å². The zero-order valence-corrected chi connectivity index (χ0v) is 18.7. The summed E-state index contributed by atoms with van der Waals surface area (Å²) in [5.41, 5.74) is 2.69. The molecule has 3 aromatic rings. The molecule has 2 aromatic heterocycles. The van der Waals surface area contributed by atoms with Crippen LogP contribution in [0.4, 0.5) is 10.1 Å². The first-order chi connectivity index (χ1) is 15.2. The van der Waals surface area contributed by atoms with E-state index in [9.17, 15) is 17.6 Å². The first-order valence-electron chi connectivity index (χ1n) is 10.0. The van der Waals surface area contributed by atoms with E-state index in [2.05, 4.69) is 15.1 Å². The minimum absolute atomic E-state index is 0.205. The maximum atomic E-state index is 13.2. The summed E-state index contributed by atoms with van der Waals surface area (Å²) in [5, 5.41) is 7.33. The van der Waals surface area contributed by atoms with Crippen molar-refractivity contribution in [2.45, 2.75) is 38.9 Å². The van der Waals surface area contributed by atoms with Gasteiger partial charge < -0.3 is 9.73 Å². The molecule has 3 heterocycles. The topological polar surface area (TPSA) is 109 Å². The van der Waals surface area contributed by atoms with Gasteiger partial charge in [0.25, 0.3) is 10.2 Å². The van der Waals surface area contributed by atoms with Gasteiger partial charge in [-0.3, -0.25) is 9.48 Å². The van der Waals surface area contributed by atoms with Crippen LogP contribution in [0.25, 0.3) is 0 Å². The van der Waals surface area contributed by atoms with Crippen LogP contribution in [0.1, 0.15) is 35.2 Å². The van der Waals surface area contributed by atoms with Crippen molar-refractivity contribution in [1.82, 2.24) is 18.8 Å². The van der Waals surface area contributed by atoms with Crippen LogP contribution < -0.4 is 10.0 Å². The Hall–Kier alpha value is -3.02. The van der Waals surface area contributed by atoms with Crippen molar-refractivity contribution < 1.29 is 22.0 Å². The number of furan rings is 1. The third-order valence-electron chi connectivity index (χ3n) is 5.63. The lowest BCUT2D eigenvalue weighted by Gasteiger charge is -2.35. The molecule has 0 aliphatic carbocycles. The van der Waals surface area contributed by atoms with Crippen LogP contribution in [0.3, 0.4) is 0 Å². The molecule has 9 nitrogen and oxygen atoms in total. The largest absolute Gasteiger partial charge is 0.468 e. The van der Waals surface area contributed by atoms with Gasteiger partial charge in [-0.2, -0.15) is 22.5 Å². The number of halogens is 1. The van der Waals surface area contributed by atoms with E-state index >= 15 is 0 Å². The number of anilines is 1. The third kappa shape index (κ3) is 4.31. The van der Waals surface area contributed by atoms with E-state index in [1.807, 2.05) is 6.92 Å². The van der Waals surface area contributed by atoms with Crippen LogP contribution >= 0.6 is 0 Å². The Kier molecular flexibility index (Phi) is 5.89. The van der Waals surface area contributed by atoms with Gasteiger partial charge in [0.05, 0.1) is 35.9 Å². The number of nitrogens with zero attached hydrogens (tertiary/aromatic N) is 3. The number of carbonyl (C=O) groups excluding carboxylic acids is 1. The maximum Gasteiger partial charge on any atom is 0.280 e. The molecule has 0 unspecified atom stereocenters. The van der Waals surface area contributed by atoms with Crippen molar-refractivity contribution in [1.29, 1.82) is 0 Å². The second kappa shape index (κ2) is 8.49. The first-order valence-corrected chi connectivity index (χ1v) is 11.5. The Bertz CT molecular complexity index is 1220. The molecule has 0 saturated carbocycles. The normalized spacial score (nSPS) is 20.9. The third-order valence-corrected chi connectivity index (χ3v) is 7.23. The molecule has 1 fully saturated rings. The number of nitrogens with one attached hydrogen (secondary N) is 2. The van der Waals surface area contributed by atoms with E-state index in [4.69, 9.17) is 4.42 Å². The van der Waals surface area contributed by atoms with Gasteiger partial charge in [0.1, 0.15) is 17.6 Å². The lowest BCUT2D eigenvalue weighted by atomic mass is 10.0. The summed E-state index contributed by atoms with van der Waals surface area (Å²) in [7, 11) is -2.51. The minimum atomic E-state index is -3.87. The lowest BCUT2D eigenvalue weighted by Crippen LogP contribution is -2.55. The molecule has 1 aromatic carbocycles. The smallest absolute Gasteiger partial charge is 0.280 e. The number of rotatable bonds is 5. The summed E-state index contributed by atoms with van der Waals surface area (Å²) in [6.07, 6.45) is 1.66. The number of amides is 1. The molecule has 1 aliphatic heterocycles. The molecule has 0 radical (unpaired) electrons. The zero-order valence-electron chi connectivity index (χ0n) is 17.9. The predicted octanol–water partition coefficient (Wildman–Crippen LogP) is 2.50. The fraction of sp³-hybridized carbons (Fsp3) is 0.333. The number of likely N-dealkylation sites (N-methyl/N-ethyl adjacent to an activating group) is 1. The summed E-state index contributed by atoms with van der Waals surface area (Å²) >= 11 is 0. The Morgan fingerprint density at radius 2 is 2.00 bits per heavy atom. The molecular weight excluding hydrogens is 437 g/mol. The van der Waals surface area contributed by atoms with Gasteiger partial charge in [0.2, 0.25) is 5.91 Å². The van der Waals surface area contributed by atoms with E-state index in [-0.39, 0.29) is 12.2 Å². The second-order valence-corrected chi connectivity index (χ2v) is 9.54. The molecule has 2 N–H and O–H groups in total. The van der Waals surface area contributed by atoms with E-state index in [0.29, 0.717) is 29.4 Å². The van der Waals surface area contributed by atoms with Gasteiger partial charge in [-0.05, 0) is 50.1 Å². The monoisotopic (exact) mass is 461 g/mol. The van der Waals surface area contributed by atoms with Crippen LogP contribution in [0, 0.1) is 19.7 Å². The number of aromatic nitrogens is 2. The van der Waals surface area contributed by atoms with Crippen LogP contribution in [0.5, 0.6) is 0 Å². The molecule has 4 rings (SSSR count). The molecule has 1 aliphatic rings. The van der Waals surface area contributed by atoms with Gasteiger partial charge in [-0.25, -0.2) is 4.39 Å². The summed E-state index contributed by atoms with van der Waals surface area (Å²) in [6.45, 7) is 3.98. The Labute approximate surface area is 185 Å². The maximum absolute atomic E-state index is 13.2. The van der Waals surface area contributed by atoms with Crippen LogP contribution in [-0.4, -0.2) is 41.5 Å². The summed E-state index contributed by atoms with van der Waals surface area (Å²) in [4.78, 5) is 13.1. The number of benzene rings is 1. The van der Waals surface area contributed by atoms with Crippen molar-refractivity contribution in [2.75, 3.05) is 12.4 Å². The molecule has 2 atom stereocenters. The molecule has 1 amide bonds. The lowest BCUT2D eigenvalue weighted by molar-refractivity contribution is -0.120. The van der Waals surface area contributed by atoms with Crippen molar-refractivity contribution in [3.05, 3.63) is 71.2 Å². The summed E-state index contributed by atoms with van der Waals surface area (Å²) < 4.78 is 48.9. The second-order valence-electron chi connectivity index (χ2n) is 7.78. The molecule has 32 heavy (non-hydrogen) atoms. The summed E-state index contributed by atoms with van der Waals surface area (Å²) in [6, 6.07) is 7.86. The van der Waals surface area contributed by atoms with E-state index in [1.165, 1.54) is 25.4 Å². The number of hydrogen-bond acceptors (Lipinski definition) is 5. The quantitative estimate of drug-likeness (QED) is 0.607. The fourth-order valence-corrected chi connectivity index (χ4v) is 5.04. The first kappa shape index (κ1) is 22.2. The number of aryl methyl sites for hydroxylation is 1. The molecule has 170 valence electrons. The van der Waals surface area contributed by atoms with Crippen LogP contribution in [0.15, 0.2) is 47.1 Å². The summed E-state index contributed by atoms with van der Waals surface area (Å²) in [5.74, 6) is -0.329. The SMILES string of the molecule is Cc1nn(Cc2ccc(F)cc2)c(C)c1NC(=O)[C@H]1C[C@@H](c2ccco2)NS(=O)(=O)N1C. The average molecular weight is 462 g/mol. The number of carbonyl (C=O) groups is 1. The number of hydrogen-bond donors (Lipinski definition) is 2. The molecule has 11 heteroatoms. The van der Waals surface area contributed by atoms with Gasteiger partial charge in [0, 0.05) is 7.05 Å². The van der Waals surface area contributed by atoms with E-state index in [0.717, 1.165) is 9.87 Å². The standard InChI is InChI=1S/C21H24FN5O4S/c1-13-20(14(2)27(24-13)12-15-6-8-16(22)9-7-15)23-21(28)18-11-17(19-5-4-10-31-19)25-32(29,30)26(18)3/h4-10,17-18,25H,11-12H2,1-3H3,(H,23,28)/t17-,18+/m0/s1. The highest BCUT2D eigenvalue weighted by Crippen LogP contribution is 2.29. The molecule has 0 spiro atoms. The highest BCUT2D eigenvalue weighted by Gasteiger charge is 2.41. The van der Waals surface area contributed by atoms with Crippen LogP contribution in [-0.2, 0) is 21.5 Å². The van der Waals surface area contributed by atoms with Crippen molar-refractivity contribution in [3.63, 3.8) is 0 Å². The molecule has 1 saturated heterocycles. The fourth-order valence-electron chi connectivity index (χ4n) is 3.79.